The molecule has 0 spiro atoms. The number of aromatic nitrogens is 5. The van der Waals surface area contributed by atoms with E-state index in [1.807, 2.05) is 18.5 Å². The van der Waals surface area contributed by atoms with Crippen molar-refractivity contribution >= 4 is 22.6 Å². The molecule has 84 valence electrons. The second-order valence-corrected chi connectivity index (χ2v) is 4.64. The lowest BCUT2D eigenvalue weighted by atomic mass is 10.5. The van der Waals surface area contributed by atoms with Gasteiger partial charge in [-0.2, -0.15) is 5.10 Å². The highest BCUT2D eigenvalue weighted by Gasteiger charge is 2.07. The standard InChI is InChI=1S/C9H10IN5O/c1-6-12-13-8(14(6)2)5-15-9(16)3-7(10)4-11-15/h3-4H,5H2,1-2H3. The van der Waals surface area contributed by atoms with Crippen LogP contribution in [0.1, 0.15) is 11.6 Å². The van der Waals surface area contributed by atoms with Gasteiger partial charge in [0.2, 0.25) is 0 Å². The average Bonchev–Trinajstić information content (AvgIpc) is 2.54. The normalized spacial score (nSPS) is 10.7. The fourth-order valence-electron chi connectivity index (χ4n) is 1.25. The van der Waals surface area contributed by atoms with E-state index in [2.05, 4.69) is 37.9 Å². The van der Waals surface area contributed by atoms with Gasteiger partial charge in [0.25, 0.3) is 5.56 Å². The maximum Gasteiger partial charge on any atom is 0.268 e. The van der Waals surface area contributed by atoms with Crippen LogP contribution in [0, 0.1) is 10.5 Å². The zero-order valence-electron chi connectivity index (χ0n) is 8.88. The Hall–Kier alpha value is -1.25. The molecule has 0 atom stereocenters. The van der Waals surface area contributed by atoms with Crippen LogP contribution in [0.4, 0.5) is 0 Å². The molecule has 2 aromatic heterocycles. The van der Waals surface area contributed by atoms with Crippen molar-refractivity contribution in [3.63, 3.8) is 0 Å². The van der Waals surface area contributed by atoms with Crippen molar-refractivity contribution in [1.82, 2.24) is 24.5 Å². The molecule has 2 rings (SSSR count). The molecule has 0 aliphatic carbocycles. The molecular formula is C9H10IN5O. The van der Waals surface area contributed by atoms with Crippen molar-refractivity contribution in [2.24, 2.45) is 7.05 Å². The summed E-state index contributed by atoms with van der Waals surface area (Å²) in [7, 11) is 1.86. The summed E-state index contributed by atoms with van der Waals surface area (Å²) in [5, 5.41) is 12.0. The van der Waals surface area contributed by atoms with Gasteiger partial charge in [-0.05, 0) is 29.5 Å². The second kappa shape index (κ2) is 4.32. The van der Waals surface area contributed by atoms with Crippen LogP contribution in [0.5, 0.6) is 0 Å². The highest BCUT2D eigenvalue weighted by Crippen LogP contribution is 2.00. The Kier molecular flexibility index (Phi) is 3.03. The molecule has 6 nitrogen and oxygen atoms in total. The molecule has 0 saturated heterocycles. The highest BCUT2D eigenvalue weighted by molar-refractivity contribution is 14.1. The molecule has 7 heteroatoms. The van der Waals surface area contributed by atoms with E-state index in [0.29, 0.717) is 12.4 Å². The minimum Gasteiger partial charge on any atom is -0.317 e. The first-order valence-electron chi connectivity index (χ1n) is 4.65. The summed E-state index contributed by atoms with van der Waals surface area (Å²) in [6.07, 6.45) is 1.64. The van der Waals surface area contributed by atoms with E-state index in [1.54, 1.807) is 6.20 Å². The third-order valence-corrected chi connectivity index (χ3v) is 2.90. The van der Waals surface area contributed by atoms with Gasteiger partial charge in [-0.1, -0.05) is 0 Å². The summed E-state index contributed by atoms with van der Waals surface area (Å²) >= 11 is 2.05. The third kappa shape index (κ3) is 2.13. The molecule has 0 radical (unpaired) electrons. The number of nitrogens with zero attached hydrogens (tertiary/aromatic N) is 5. The predicted octanol–water partition coefficient (Wildman–Crippen LogP) is 0.333. The van der Waals surface area contributed by atoms with E-state index in [9.17, 15) is 4.79 Å². The minimum atomic E-state index is -0.132. The Balaban J connectivity index is 2.34. The van der Waals surface area contributed by atoms with Crippen LogP contribution in [-0.4, -0.2) is 24.5 Å². The zero-order valence-corrected chi connectivity index (χ0v) is 11.0. The van der Waals surface area contributed by atoms with E-state index < -0.39 is 0 Å². The lowest BCUT2D eigenvalue weighted by molar-refractivity contribution is 0.592. The summed E-state index contributed by atoms with van der Waals surface area (Å²) in [4.78, 5) is 11.6. The van der Waals surface area contributed by atoms with Crippen LogP contribution >= 0.6 is 22.6 Å². The summed E-state index contributed by atoms with van der Waals surface area (Å²) in [6.45, 7) is 2.20. The Morgan fingerprint density at radius 3 is 2.75 bits per heavy atom. The molecule has 2 heterocycles. The van der Waals surface area contributed by atoms with Crippen molar-refractivity contribution in [1.29, 1.82) is 0 Å². The number of aryl methyl sites for hydroxylation is 1. The van der Waals surface area contributed by atoms with Crippen LogP contribution in [0.2, 0.25) is 0 Å². The monoisotopic (exact) mass is 331 g/mol. The molecular weight excluding hydrogens is 321 g/mol. The van der Waals surface area contributed by atoms with Crippen molar-refractivity contribution in [3.05, 3.63) is 37.8 Å². The molecule has 0 aliphatic heterocycles. The SMILES string of the molecule is Cc1nnc(Cn2ncc(I)cc2=O)n1C. The summed E-state index contributed by atoms with van der Waals surface area (Å²) in [5.41, 5.74) is -0.132. The fourth-order valence-corrected chi connectivity index (χ4v) is 1.64. The van der Waals surface area contributed by atoms with Gasteiger partial charge in [0.1, 0.15) is 12.4 Å². The number of hydrogen-bond acceptors (Lipinski definition) is 4. The van der Waals surface area contributed by atoms with Gasteiger partial charge in [-0.15, -0.1) is 10.2 Å². The average molecular weight is 331 g/mol. The van der Waals surface area contributed by atoms with E-state index in [4.69, 9.17) is 0 Å². The highest BCUT2D eigenvalue weighted by atomic mass is 127. The Bertz CT molecular complexity index is 574. The molecule has 0 saturated carbocycles. The smallest absolute Gasteiger partial charge is 0.268 e. The van der Waals surface area contributed by atoms with Crippen molar-refractivity contribution in [2.75, 3.05) is 0 Å². The van der Waals surface area contributed by atoms with E-state index in [1.165, 1.54) is 10.7 Å². The Morgan fingerprint density at radius 2 is 2.19 bits per heavy atom. The largest absolute Gasteiger partial charge is 0.317 e. The summed E-state index contributed by atoms with van der Waals surface area (Å²) in [5.74, 6) is 1.53. The van der Waals surface area contributed by atoms with Crippen LogP contribution in [-0.2, 0) is 13.6 Å². The molecule has 2 aromatic rings. The second-order valence-electron chi connectivity index (χ2n) is 3.39. The van der Waals surface area contributed by atoms with E-state index in [-0.39, 0.29) is 5.56 Å². The van der Waals surface area contributed by atoms with Gasteiger partial charge in [0.15, 0.2) is 5.82 Å². The molecule has 0 N–H and O–H groups in total. The molecule has 0 fully saturated rings. The van der Waals surface area contributed by atoms with Gasteiger partial charge < -0.3 is 4.57 Å². The topological polar surface area (TPSA) is 65.6 Å². The van der Waals surface area contributed by atoms with Crippen molar-refractivity contribution < 1.29 is 0 Å². The van der Waals surface area contributed by atoms with Crippen LogP contribution in [0.3, 0.4) is 0 Å². The molecule has 0 bridgehead atoms. The van der Waals surface area contributed by atoms with Gasteiger partial charge in [0, 0.05) is 16.7 Å². The number of halogens is 1. The molecule has 0 aliphatic rings. The molecule has 0 unspecified atom stereocenters. The lowest BCUT2D eigenvalue weighted by Gasteiger charge is -2.03. The first kappa shape index (κ1) is 11.2. The van der Waals surface area contributed by atoms with Gasteiger partial charge in [-0.25, -0.2) is 4.68 Å². The predicted molar refractivity (Wildman–Crippen MR) is 66.1 cm³/mol. The maximum absolute atomic E-state index is 11.6. The Labute approximate surface area is 105 Å². The van der Waals surface area contributed by atoms with Gasteiger partial charge >= 0.3 is 0 Å². The van der Waals surface area contributed by atoms with Crippen LogP contribution in [0.15, 0.2) is 17.1 Å². The van der Waals surface area contributed by atoms with E-state index >= 15 is 0 Å². The fraction of sp³-hybridized carbons (Fsp3) is 0.333. The molecule has 16 heavy (non-hydrogen) atoms. The van der Waals surface area contributed by atoms with Crippen molar-refractivity contribution in [3.8, 4) is 0 Å². The van der Waals surface area contributed by atoms with Crippen molar-refractivity contribution in [2.45, 2.75) is 13.5 Å². The summed E-state index contributed by atoms with van der Waals surface area (Å²) < 4.78 is 4.03. The third-order valence-electron chi connectivity index (χ3n) is 2.31. The van der Waals surface area contributed by atoms with Gasteiger partial charge in [-0.3, -0.25) is 4.79 Å². The number of hydrogen-bond donors (Lipinski definition) is 0. The summed E-state index contributed by atoms with van der Waals surface area (Å²) in [6, 6.07) is 1.54. The minimum absolute atomic E-state index is 0.132. The first-order chi connectivity index (χ1) is 7.58. The lowest BCUT2D eigenvalue weighted by Crippen LogP contribution is -2.24. The Morgan fingerprint density at radius 1 is 1.44 bits per heavy atom. The zero-order chi connectivity index (χ0) is 11.7. The molecule has 0 amide bonds. The van der Waals surface area contributed by atoms with Gasteiger partial charge in [0.05, 0.1) is 6.20 Å². The maximum atomic E-state index is 11.6. The van der Waals surface area contributed by atoms with Crippen LogP contribution in [0.25, 0.3) is 0 Å². The van der Waals surface area contributed by atoms with Crippen LogP contribution < -0.4 is 5.56 Å². The number of rotatable bonds is 2. The quantitative estimate of drug-likeness (QED) is 0.744. The first-order valence-corrected chi connectivity index (χ1v) is 5.73. The van der Waals surface area contributed by atoms with E-state index in [0.717, 1.165) is 9.39 Å². The molecule has 0 aromatic carbocycles.